The number of rotatable bonds is 10. The highest BCUT2D eigenvalue weighted by atomic mass is 32.2. The number of aliphatic hydroxyl groups is 1. The van der Waals surface area contributed by atoms with Crippen molar-refractivity contribution in [3.8, 4) is 0 Å². The molecule has 0 aromatic heterocycles. The Labute approximate surface area is 245 Å². The molecule has 0 aliphatic heterocycles. The van der Waals surface area contributed by atoms with E-state index in [0.29, 0.717) is 22.9 Å². The average Bonchev–Trinajstić information content (AvgIpc) is 2.99. The molecular weight excluding hydrogens is 558 g/mol. The van der Waals surface area contributed by atoms with Gasteiger partial charge in [-0.15, -0.1) is 0 Å². The molecule has 1 saturated carbocycles. The smallest absolute Gasteiger partial charge is 0.334 e. The van der Waals surface area contributed by atoms with Gasteiger partial charge in [0.2, 0.25) is 0 Å². The van der Waals surface area contributed by atoms with Crippen LogP contribution in [0.2, 0.25) is 0 Å². The summed E-state index contributed by atoms with van der Waals surface area (Å²) in [7, 11) is -3.46. The van der Waals surface area contributed by atoms with Crippen LogP contribution < -0.4 is 15.5 Å². The summed E-state index contributed by atoms with van der Waals surface area (Å²) in [5.74, 6) is -1.47. The van der Waals surface area contributed by atoms with Gasteiger partial charge in [-0.05, 0) is 72.4 Å². The van der Waals surface area contributed by atoms with E-state index in [9.17, 15) is 27.9 Å². The third-order valence-electron chi connectivity index (χ3n) is 7.34. The van der Waals surface area contributed by atoms with Crippen LogP contribution in [0.5, 0.6) is 0 Å². The number of benzene rings is 3. The number of hydrogen-bond donors (Lipinski definition) is 4. The number of urea groups is 1. The molecule has 4 N–H and O–H groups in total. The molecular formula is C31H35N3O7S. The molecule has 3 amide bonds. The molecule has 222 valence electrons. The number of anilines is 2. The predicted molar refractivity (Wildman–Crippen MR) is 159 cm³/mol. The van der Waals surface area contributed by atoms with Crippen LogP contribution in [0.3, 0.4) is 0 Å². The molecule has 0 spiro atoms. The lowest BCUT2D eigenvalue weighted by atomic mass is 9.84. The van der Waals surface area contributed by atoms with Crippen molar-refractivity contribution in [3.63, 3.8) is 0 Å². The zero-order valence-corrected chi connectivity index (χ0v) is 24.1. The zero-order chi connectivity index (χ0) is 30.3. The van der Waals surface area contributed by atoms with Gasteiger partial charge in [-0.3, -0.25) is 9.69 Å². The Balaban J connectivity index is 1.54. The third-order valence-corrected chi connectivity index (χ3v) is 8.45. The van der Waals surface area contributed by atoms with Crippen molar-refractivity contribution in [3.05, 3.63) is 89.5 Å². The Morgan fingerprint density at radius 1 is 0.952 bits per heavy atom. The molecule has 1 fully saturated rings. The topological polar surface area (TPSA) is 153 Å². The molecule has 0 unspecified atom stereocenters. The van der Waals surface area contributed by atoms with Crippen LogP contribution in [0.4, 0.5) is 16.2 Å². The van der Waals surface area contributed by atoms with Gasteiger partial charge in [-0.2, -0.15) is 0 Å². The molecule has 10 nitrogen and oxygen atoms in total. The summed E-state index contributed by atoms with van der Waals surface area (Å²) >= 11 is 0. The molecule has 0 saturated heterocycles. The molecule has 1 atom stereocenters. The fourth-order valence-corrected chi connectivity index (χ4v) is 5.63. The number of aliphatic carboxylic acids is 1. The van der Waals surface area contributed by atoms with Crippen molar-refractivity contribution in [1.29, 1.82) is 0 Å². The van der Waals surface area contributed by atoms with E-state index >= 15 is 0 Å². The van der Waals surface area contributed by atoms with Crippen molar-refractivity contribution >= 4 is 39.1 Å². The Bertz CT molecular complexity index is 1520. The summed E-state index contributed by atoms with van der Waals surface area (Å²) in [6.45, 7) is -0.277. The Kier molecular flexibility index (Phi) is 9.97. The first-order valence-corrected chi connectivity index (χ1v) is 15.7. The molecule has 11 heteroatoms. The standard InChI is InChI=1S/C31H35N3O7S/c1-42(40,41)27-9-5-8-25(18-27)33-31(39)34(26-16-14-23(15-17-26)22-6-3-2-4-7-22)20-21-10-12-24(13-11-21)29(36)32-19-28(35)30(37)38/h5,8-18,22,28,35H,2-4,6-7,19-20H2,1H3,(H,32,36)(H,33,39)(H,37,38)/t28-/m1/s1. The van der Waals surface area contributed by atoms with E-state index in [2.05, 4.69) is 22.8 Å². The van der Waals surface area contributed by atoms with Crippen LogP contribution >= 0.6 is 0 Å². The predicted octanol–water partition coefficient (Wildman–Crippen LogP) is 4.55. The molecule has 3 aromatic carbocycles. The van der Waals surface area contributed by atoms with E-state index in [1.807, 2.05) is 12.1 Å². The summed E-state index contributed by atoms with van der Waals surface area (Å²) < 4.78 is 24.0. The SMILES string of the molecule is CS(=O)(=O)c1cccc(NC(=O)N(Cc2ccc(C(=O)NC[C@@H](O)C(=O)O)cc2)c2ccc(C3CCCCC3)cc2)c1. The Morgan fingerprint density at radius 2 is 1.62 bits per heavy atom. The maximum atomic E-state index is 13.6. The highest BCUT2D eigenvalue weighted by Crippen LogP contribution is 2.33. The Hall–Kier alpha value is -4.22. The number of sulfone groups is 1. The number of carbonyl (C=O) groups excluding carboxylic acids is 2. The number of nitrogens with one attached hydrogen (secondary N) is 2. The normalized spacial score (nSPS) is 14.5. The second-order valence-corrected chi connectivity index (χ2v) is 12.5. The summed E-state index contributed by atoms with van der Waals surface area (Å²) in [6.07, 6.45) is 5.37. The monoisotopic (exact) mass is 593 g/mol. The number of nitrogens with zero attached hydrogens (tertiary/aromatic N) is 1. The van der Waals surface area contributed by atoms with Crippen molar-refractivity contribution in [2.45, 2.75) is 55.6 Å². The molecule has 1 aliphatic rings. The van der Waals surface area contributed by atoms with Crippen LogP contribution in [0.15, 0.2) is 77.7 Å². The number of aliphatic hydroxyl groups excluding tert-OH is 1. The second kappa shape index (κ2) is 13.6. The molecule has 1 aliphatic carbocycles. The lowest BCUT2D eigenvalue weighted by molar-refractivity contribution is -0.146. The molecule has 0 radical (unpaired) electrons. The van der Waals surface area contributed by atoms with Gasteiger partial charge >= 0.3 is 12.0 Å². The highest BCUT2D eigenvalue weighted by Gasteiger charge is 2.21. The molecule has 4 rings (SSSR count). The van der Waals surface area contributed by atoms with Gasteiger partial charge < -0.3 is 20.8 Å². The van der Waals surface area contributed by atoms with Crippen LogP contribution in [-0.2, 0) is 21.2 Å². The van der Waals surface area contributed by atoms with E-state index in [-0.39, 0.29) is 17.0 Å². The first kappa shape index (κ1) is 30.7. The third kappa shape index (κ3) is 8.17. The number of amides is 3. The first-order chi connectivity index (χ1) is 20.0. The number of carboxylic acids is 1. The highest BCUT2D eigenvalue weighted by molar-refractivity contribution is 7.90. The molecule has 0 bridgehead atoms. The van der Waals surface area contributed by atoms with E-state index in [4.69, 9.17) is 5.11 Å². The number of carboxylic acid groups (broad SMARTS) is 1. The van der Waals surface area contributed by atoms with Crippen molar-refractivity contribution in [1.82, 2.24) is 5.32 Å². The van der Waals surface area contributed by atoms with Gasteiger partial charge in [0.05, 0.1) is 18.0 Å². The molecule has 3 aromatic rings. The van der Waals surface area contributed by atoms with Gasteiger partial charge in [0.1, 0.15) is 0 Å². The maximum absolute atomic E-state index is 13.6. The zero-order valence-electron chi connectivity index (χ0n) is 23.3. The van der Waals surface area contributed by atoms with Gasteiger partial charge in [-0.25, -0.2) is 18.0 Å². The second-order valence-electron chi connectivity index (χ2n) is 10.5. The van der Waals surface area contributed by atoms with Crippen LogP contribution in [0.1, 0.15) is 59.5 Å². The van der Waals surface area contributed by atoms with Crippen LogP contribution in [0, 0.1) is 0 Å². The number of hydrogen-bond acceptors (Lipinski definition) is 6. The summed E-state index contributed by atoms with van der Waals surface area (Å²) in [4.78, 5) is 38.3. The summed E-state index contributed by atoms with van der Waals surface area (Å²) in [5, 5.41) is 23.3. The summed E-state index contributed by atoms with van der Waals surface area (Å²) in [5.41, 5.74) is 3.21. The van der Waals surface area contributed by atoms with Crippen LogP contribution in [-0.4, -0.2) is 55.4 Å². The fourth-order valence-electron chi connectivity index (χ4n) is 4.96. The first-order valence-electron chi connectivity index (χ1n) is 13.8. The fraction of sp³-hybridized carbons (Fsp3) is 0.323. The van der Waals surface area contributed by atoms with E-state index in [1.54, 1.807) is 36.4 Å². The van der Waals surface area contributed by atoms with E-state index in [1.165, 1.54) is 41.9 Å². The lowest BCUT2D eigenvalue weighted by Crippen LogP contribution is -2.36. The number of carbonyl (C=O) groups is 3. The molecule has 0 heterocycles. The lowest BCUT2D eigenvalue weighted by Gasteiger charge is -2.26. The van der Waals surface area contributed by atoms with Crippen molar-refractivity contribution < 1.29 is 33.0 Å². The van der Waals surface area contributed by atoms with Gasteiger partial charge in [-0.1, -0.05) is 49.6 Å². The minimum absolute atomic E-state index is 0.0911. The average molecular weight is 594 g/mol. The quantitative estimate of drug-likeness (QED) is 0.269. The summed E-state index contributed by atoms with van der Waals surface area (Å²) in [6, 6.07) is 20.0. The van der Waals surface area contributed by atoms with Crippen LogP contribution in [0.25, 0.3) is 0 Å². The van der Waals surface area contributed by atoms with Gasteiger partial charge in [0.15, 0.2) is 15.9 Å². The van der Waals surface area contributed by atoms with Crippen molar-refractivity contribution in [2.75, 3.05) is 23.0 Å². The van der Waals surface area contributed by atoms with Crippen molar-refractivity contribution in [2.24, 2.45) is 0 Å². The van der Waals surface area contributed by atoms with E-state index in [0.717, 1.165) is 19.1 Å². The maximum Gasteiger partial charge on any atom is 0.334 e. The Morgan fingerprint density at radius 3 is 2.24 bits per heavy atom. The minimum atomic E-state index is -3.46. The van der Waals surface area contributed by atoms with Gasteiger partial charge in [0.25, 0.3) is 5.91 Å². The largest absolute Gasteiger partial charge is 0.479 e. The minimum Gasteiger partial charge on any atom is -0.479 e. The molecule has 42 heavy (non-hydrogen) atoms. The van der Waals surface area contributed by atoms with Gasteiger partial charge in [0, 0.05) is 23.2 Å². The van der Waals surface area contributed by atoms with E-state index < -0.39 is 40.4 Å².